The molecule has 0 aromatic heterocycles. The lowest BCUT2D eigenvalue weighted by Gasteiger charge is -2.31. The van der Waals surface area contributed by atoms with E-state index in [-0.39, 0.29) is 5.91 Å². The highest BCUT2D eigenvalue weighted by atomic mass is 16.5. The second kappa shape index (κ2) is 11.1. The van der Waals surface area contributed by atoms with E-state index in [0.29, 0.717) is 18.4 Å². The van der Waals surface area contributed by atoms with Gasteiger partial charge in [0, 0.05) is 45.3 Å². The molecule has 1 fully saturated rings. The van der Waals surface area contributed by atoms with E-state index in [2.05, 4.69) is 45.9 Å². The molecule has 4 nitrogen and oxygen atoms in total. The number of hydrogen-bond donors (Lipinski definition) is 0. The van der Waals surface area contributed by atoms with Crippen molar-refractivity contribution in [3.63, 3.8) is 0 Å². The third kappa shape index (κ3) is 6.29. The van der Waals surface area contributed by atoms with Gasteiger partial charge in [-0.05, 0) is 74.5 Å². The second-order valence-corrected chi connectivity index (χ2v) is 9.73. The lowest BCUT2D eigenvalue weighted by molar-refractivity contribution is -0.128. The normalized spacial score (nSPS) is 18.8. The van der Waals surface area contributed by atoms with Crippen molar-refractivity contribution < 1.29 is 9.53 Å². The third-order valence-corrected chi connectivity index (χ3v) is 6.84. The van der Waals surface area contributed by atoms with Crippen molar-refractivity contribution in [2.75, 3.05) is 32.8 Å². The zero-order valence-electron chi connectivity index (χ0n) is 20.2. The molecule has 0 aliphatic carbocycles. The van der Waals surface area contributed by atoms with Crippen molar-refractivity contribution in [3.05, 3.63) is 46.0 Å². The summed E-state index contributed by atoms with van der Waals surface area (Å²) in [6, 6.07) is 6.63. The number of hydrogen-bond acceptors (Lipinski definition) is 3. The Balaban J connectivity index is 2.02. The Labute approximate surface area is 188 Å². The average Bonchev–Trinajstić information content (AvgIpc) is 2.75. The van der Waals surface area contributed by atoms with Gasteiger partial charge in [-0.2, -0.15) is 0 Å². The molecule has 0 unspecified atom stereocenters. The monoisotopic (exact) mass is 424 g/mol. The number of nitrogens with zero attached hydrogens (tertiary/aromatic N) is 2. The van der Waals surface area contributed by atoms with E-state index >= 15 is 0 Å². The quantitative estimate of drug-likeness (QED) is 0.552. The number of ether oxygens (including phenoxy) is 1. The van der Waals surface area contributed by atoms with Gasteiger partial charge in [-0.3, -0.25) is 9.79 Å². The molecule has 2 aliphatic heterocycles. The molecule has 0 radical (unpaired) electrons. The van der Waals surface area contributed by atoms with E-state index in [0.717, 1.165) is 57.7 Å². The van der Waals surface area contributed by atoms with Crippen LogP contribution in [0.5, 0.6) is 0 Å². The lowest BCUT2D eigenvalue weighted by Crippen LogP contribution is -2.37. The van der Waals surface area contributed by atoms with Gasteiger partial charge in [-0.1, -0.05) is 37.6 Å². The first-order chi connectivity index (χ1) is 14.9. The molecule has 0 atom stereocenters. The lowest BCUT2D eigenvalue weighted by atomic mass is 9.87. The summed E-state index contributed by atoms with van der Waals surface area (Å²) < 4.78 is 5.55. The third-order valence-electron chi connectivity index (χ3n) is 6.84. The van der Waals surface area contributed by atoms with Gasteiger partial charge >= 0.3 is 0 Å². The Bertz CT molecular complexity index is 832. The molecule has 4 heteroatoms. The van der Waals surface area contributed by atoms with Crippen LogP contribution in [0.4, 0.5) is 0 Å². The number of amides is 1. The van der Waals surface area contributed by atoms with E-state index in [1.165, 1.54) is 34.3 Å². The molecule has 1 aromatic carbocycles. The van der Waals surface area contributed by atoms with Gasteiger partial charge in [0.2, 0.25) is 5.91 Å². The number of aliphatic imine (C=N–C) groups is 1. The molecule has 31 heavy (non-hydrogen) atoms. The maximum Gasteiger partial charge on any atom is 0.219 e. The van der Waals surface area contributed by atoms with Crippen LogP contribution in [-0.4, -0.2) is 49.4 Å². The van der Waals surface area contributed by atoms with Gasteiger partial charge < -0.3 is 9.64 Å². The predicted octanol–water partition coefficient (Wildman–Crippen LogP) is 5.37. The van der Waals surface area contributed by atoms with Gasteiger partial charge in [0.15, 0.2) is 0 Å². The van der Waals surface area contributed by atoms with E-state index in [4.69, 9.17) is 9.73 Å². The Hall–Kier alpha value is -1.94. The fourth-order valence-corrected chi connectivity index (χ4v) is 4.59. The first kappa shape index (κ1) is 23.7. The zero-order chi connectivity index (χ0) is 22.4. The Morgan fingerprint density at radius 3 is 2.65 bits per heavy atom. The smallest absolute Gasteiger partial charge is 0.219 e. The highest BCUT2D eigenvalue weighted by Gasteiger charge is 2.25. The van der Waals surface area contributed by atoms with Crippen molar-refractivity contribution in [1.29, 1.82) is 0 Å². The summed E-state index contributed by atoms with van der Waals surface area (Å²) in [6.45, 7) is 14.7. The van der Waals surface area contributed by atoms with E-state index in [1.54, 1.807) is 6.92 Å². The Morgan fingerprint density at radius 1 is 1.23 bits per heavy atom. The van der Waals surface area contributed by atoms with Crippen molar-refractivity contribution in [2.24, 2.45) is 16.8 Å². The van der Waals surface area contributed by atoms with Crippen molar-refractivity contribution in [2.45, 2.75) is 66.7 Å². The van der Waals surface area contributed by atoms with Crippen LogP contribution in [0.3, 0.4) is 0 Å². The molecule has 0 N–H and O–H groups in total. The summed E-state index contributed by atoms with van der Waals surface area (Å²) in [5, 5.41) is 0. The molecular weight excluding hydrogens is 384 g/mol. The SMILES string of the molecule is CC(=O)N1CCC(C)=C(/C(=N\CC2CCOCC2)c2cccc(C)c2CCC(C)C)C1. The topological polar surface area (TPSA) is 41.9 Å². The van der Waals surface area contributed by atoms with Crippen LogP contribution >= 0.6 is 0 Å². The van der Waals surface area contributed by atoms with Crippen LogP contribution in [0.25, 0.3) is 0 Å². The Kier molecular flexibility index (Phi) is 8.48. The van der Waals surface area contributed by atoms with Crippen LogP contribution in [-0.2, 0) is 16.0 Å². The molecule has 2 heterocycles. The van der Waals surface area contributed by atoms with Gasteiger partial charge in [-0.15, -0.1) is 0 Å². The van der Waals surface area contributed by atoms with Gasteiger partial charge in [0.25, 0.3) is 0 Å². The fourth-order valence-electron chi connectivity index (χ4n) is 4.59. The fraction of sp³-hybridized carbons (Fsp3) is 0.630. The molecule has 0 saturated carbocycles. The van der Waals surface area contributed by atoms with Crippen LogP contribution in [0, 0.1) is 18.8 Å². The van der Waals surface area contributed by atoms with Crippen molar-refractivity contribution in [3.8, 4) is 0 Å². The summed E-state index contributed by atoms with van der Waals surface area (Å²) in [6.07, 6.45) is 5.34. The molecule has 3 rings (SSSR count). The molecule has 2 aliphatic rings. The van der Waals surface area contributed by atoms with Gasteiger partial charge in [0.1, 0.15) is 0 Å². The summed E-state index contributed by atoms with van der Waals surface area (Å²) in [5.74, 6) is 1.40. The van der Waals surface area contributed by atoms with E-state index < -0.39 is 0 Å². The first-order valence-corrected chi connectivity index (χ1v) is 12.0. The van der Waals surface area contributed by atoms with Gasteiger partial charge in [-0.25, -0.2) is 0 Å². The highest BCUT2D eigenvalue weighted by Crippen LogP contribution is 2.27. The summed E-state index contributed by atoms with van der Waals surface area (Å²) >= 11 is 0. The minimum Gasteiger partial charge on any atom is -0.381 e. The molecule has 1 saturated heterocycles. The number of rotatable bonds is 7. The number of carbonyl (C=O) groups excluding carboxylic acids is 1. The van der Waals surface area contributed by atoms with Crippen LogP contribution in [0.1, 0.15) is 70.1 Å². The summed E-state index contributed by atoms with van der Waals surface area (Å²) in [7, 11) is 0. The molecule has 0 spiro atoms. The molecule has 170 valence electrons. The first-order valence-electron chi connectivity index (χ1n) is 12.0. The van der Waals surface area contributed by atoms with Crippen molar-refractivity contribution >= 4 is 11.6 Å². The maximum atomic E-state index is 12.2. The standard InChI is InChI=1S/C27H40N2O2/c1-19(2)9-10-24-20(3)7-6-8-25(24)27(28-17-23-12-15-31-16-13-23)26-18-29(22(5)30)14-11-21(26)4/h6-8,19,23H,9-18H2,1-5H3/b28-27-. The van der Waals surface area contributed by atoms with Gasteiger partial charge in [0.05, 0.1) is 5.71 Å². The Morgan fingerprint density at radius 2 is 1.97 bits per heavy atom. The van der Waals surface area contributed by atoms with Crippen LogP contribution < -0.4 is 0 Å². The summed E-state index contributed by atoms with van der Waals surface area (Å²) in [5.41, 5.74) is 7.78. The molecular formula is C27H40N2O2. The second-order valence-electron chi connectivity index (χ2n) is 9.73. The van der Waals surface area contributed by atoms with E-state index in [9.17, 15) is 4.79 Å². The molecule has 1 amide bonds. The minimum atomic E-state index is 0.151. The zero-order valence-corrected chi connectivity index (χ0v) is 20.2. The largest absolute Gasteiger partial charge is 0.381 e. The summed E-state index contributed by atoms with van der Waals surface area (Å²) in [4.78, 5) is 19.4. The average molecular weight is 425 g/mol. The minimum absolute atomic E-state index is 0.151. The number of carbonyl (C=O) groups is 1. The molecule has 1 aromatic rings. The van der Waals surface area contributed by atoms with Crippen LogP contribution in [0.2, 0.25) is 0 Å². The number of aryl methyl sites for hydroxylation is 1. The molecule has 0 bridgehead atoms. The van der Waals surface area contributed by atoms with Crippen LogP contribution in [0.15, 0.2) is 34.3 Å². The van der Waals surface area contributed by atoms with Crippen molar-refractivity contribution in [1.82, 2.24) is 4.90 Å². The number of benzene rings is 1. The highest BCUT2D eigenvalue weighted by molar-refractivity contribution is 6.14. The van der Waals surface area contributed by atoms with E-state index in [1.807, 2.05) is 4.90 Å². The predicted molar refractivity (Wildman–Crippen MR) is 129 cm³/mol. The maximum absolute atomic E-state index is 12.2.